The van der Waals surface area contributed by atoms with Crippen molar-refractivity contribution >= 4 is 17.6 Å². The highest BCUT2D eigenvalue weighted by atomic mass is 35.5. The lowest BCUT2D eigenvalue weighted by Gasteiger charge is -2.17. The summed E-state index contributed by atoms with van der Waals surface area (Å²) in [7, 11) is 1.18. The summed E-state index contributed by atoms with van der Waals surface area (Å²) in [6.45, 7) is 0. The molecular weight excluding hydrogens is 204 g/mol. The number of benzene rings is 1. The lowest BCUT2D eigenvalue weighted by atomic mass is 10.1. The summed E-state index contributed by atoms with van der Waals surface area (Å²) < 4.78 is 4.37. The van der Waals surface area contributed by atoms with E-state index in [-0.39, 0.29) is 6.42 Å². The van der Waals surface area contributed by atoms with Crippen molar-refractivity contribution in [3.05, 3.63) is 35.9 Å². The molecule has 0 saturated carbocycles. The van der Waals surface area contributed by atoms with E-state index in [0.717, 1.165) is 5.56 Å². The molecule has 1 N–H and O–H groups in total. The smallest absolute Gasteiger partial charge is 0.354 e. The molecule has 0 radical (unpaired) electrons. The molecule has 76 valence electrons. The monoisotopic (exact) mass is 214 g/mol. The molecule has 0 amide bonds. The van der Waals surface area contributed by atoms with Crippen LogP contribution in [-0.2, 0) is 16.0 Å². The maximum absolute atomic E-state index is 11.0. The maximum atomic E-state index is 11.0. The summed E-state index contributed by atoms with van der Waals surface area (Å²) in [5.74, 6) is -0.844. The van der Waals surface area contributed by atoms with Crippen LogP contribution in [0.2, 0.25) is 0 Å². The minimum Gasteiger partial charge on any atom is -0.466 e. The number of methoxy groups -OCH3 is 1. The van der Waals surface area contributed by atoms with Crippen LogP contribution in [0.5, 0.6) is 0 Å². The van der Waals surface area contributed by atoms with Gasteiger partial charge >= 0.3 is 5.97 Å². The van der Waals surface area contributed by atoms with Crippen LogP contribution in [-0.4, -0.2) is 23.2 Å². The van der Waals surface area contributed by atoms with E-state index in [1.807, 2.05) is 6.07 Å². The van der Waals surface area contributed by atoms with Crippen molar-refractivity contribution in [1.29, 1.82) is 0 Å². The number of carbonyl (C=O) groups excluding carboxylic acids is 1. The molecule has 1 atom stereocenters. The average molecular weight is 215 g/mol. The highest BCUT2D eigenvalue weighted by Crippen LogP contribution is 2.19. The Morgan fingerprint density at radius 3 is 2.57 bits per heavy atom. The zero-order valence-corrected chi connectivity index (χ0v) is 8.49. The Morgan fingerprint density at radius 2 is 2.07 bits per heavy atom. The van der Waals surface area contributed by atoms with Crippen molar-refractivity contribution in [2.75, 3.05) is 7.11 Å². The number of hydrogen-bond donors (Lipinski definition) is 1. The Hall–Kier alpha value is -1.06. The van der Waals surface area contributed by atoms with Gasteiger partial charge in [-0.05, 0) is 5.56 Å². The van der Waals surface area contributed by atoms with Gasteiger partial charge in [0, 0.05) is 6.42 Å². The third-order valence-electron chi connectivity index (χ3n) is 1.78. The summed E-state index contributed by atoms with van der Waals surface area (Å²) in [6, 6.07) is 9.00. The van der Waals surface area contributed by atoms with Gasteiger partial charge in [0.05, 0.1) is 7.11 Å². The second kappa shape index (κ2) is 4.44. The van der Waals surface area contributed by atoms with Crippen LogP contribution in [0.4, 0.5) is 0 Å². The van der Waals surface area contributed by atoms with Crippen LogP contribution in [0.15, 0.2) is 30.3 Å². The van der Waals surface area contributed by atoms with Gasteiger partial charge in [-0.15, -0.1) is 0 Å². The largest absolute Gasteiger partial charge is 0.466 e. The van der Waals surface area contributed by atoms with Crippen LogP contribution >= 0.6 is 11.6 Å². The molecule has 3 nitrogen and oxygen atoms in total. The third kappa shape index (κ3) is 2.72. The topological polar surface area (TPSA) is 46.5 Å². The Morgan fingerprint density at radius 1 is 1.50 bits per heavy atom. The number of hydrogen-bond acceptors (Lipinski definition) is 3. The molecule has 0 spiro atoms. The first-order chi connectivity index (χ1) is 6.56. The zero-order chi connectivity index (χ0) is 10.6. The predicted molar refractivity (Wildman–Crippen MR) is 53.0 cm³/mol. The lowest BCUT2D eigenvalue weighted by Crippen LogP contribution is -2.35. The van der Waals surface area contributed by atoms with E-state index in [0.29, 0.717) is 0 Å². The Bertz CT molecular complexity index is 308. The van der Waals surface area contributed by atoms with Crippen molar-refractivity contribution in [3.8, 4) is 0 Å². The first-order valence-corrected chi connectivity index (χ1v) is 4.47. The summed E-state index contributed by atoms with van der Waals surface area (Å²) >= 11 is 5.60. The number of rotatable bonds is 3. The number of halogens is 1. The number of esters is 1. The van der Waals surface area contributed by atoms with Gasteiger partial charge in [-0.25, -0.2) is 4.79 Å². The first kappa shape index (κ1) is 11.0. The van der Waals surface area contributed by atoms with Crippen molar-refractivity contribution in [2.45, 2.75) is 11.5 Å². The van der Waals surface area contributed by atoms with E-state index < -0.39 is 11.0 Å². The molecule has 0 saturated heterocycles. The van der Waals surface area contributed by atoms with Gasteiger partial charge in [-0.2, -0.15) is 0 Å². The molecule has 0 bridgehead atoms. The standard InChI is InChI=1S/C10H11ClO3/c1-14-9(12)10(11,13)7-8-5-3-2-4-6-8/h2-6,13H,7H2,1H3. The molecule has 0 aromatic heterocycles. The molecule has 1 rings (SSSR count). The van der Waals surface area contributed by atoms with Gasteiger partial charge in [-0.3, -0.25) is 0 Å². The normalized spacial score (nSPS) is 14.5. The van der Waals surface area contributed by atoms with E-state index in [1.165, 1.54) is 7.11 Å². The fourth-order valence-electron chi connectivity index (χ4n) is 1.09. The van der Waals surface area contributed by atoms with Crippen LogP contribution in [0.3, 0.4) is 0 Å². The Kier molecular flexibility index (Phi) is 3.49. The molecule has 0 heterocycles. The average Bonchev–Trinajstić information content (AvgIpc) is 2.17. The molecule has 4 heteroatoms. The summed E-state index contributed by atoms with van der Waals surface area (Å²) in [5, 5.41) is 7.55. The molecule has 1 aromatic rings. The van der Waals surface area contributed by atoms with Gasteiger partial charge in [0.25, 0.3) is 0 Å². The number of carbonyl (C=O) groups is 1. The van der Waals surface area contributed by atoms with Crippen LogP contribution in [0.25, 0.3) is 0 Å². The van der Waals surface area contributed by atoms with E-state index in [2.05, 4.69) is 4.74 Å². The molecular formula is C10H11ClO3. The van der Waals surface area contributed by atoms with Crippen molar-refractivity contribution in [3.63, 3.8) is 0 Å². The number of ether oxygens (including phenoxy) is 1. The van der Waals surface area contributed by atoms with Gasteiger partial charge in [0.1, 0.15) is 0 Å². The molecule has 0 aliphatic rings. The molecule has 14 heavy (non-hydrogen) atoms. The summed E-state index contributed by atoms with van der Waals surface area (Å²) in [6.07, 6.45) is 0.0298. The van der Waals surface area contributed by atoms with E-state index >= 15 is 0 Å². The number of alkyl halides is 1. The zero-order valence-electron chi connectivity index (χ0n) is 7.74. The molecule has 1 aromatic carbocycles. The van der Waals surface area contributed by atoms with E-state index in [1.54, 1.807) is 24.3 Å². The first-order valence-electron chi connectivity index (χ1n) is 4.10. The Balaban J connectivity index is 2.73. The van der Waals surface area contributed by atoms with Crippen molar-refractivity contribution in [1.82, 2.24) is 0 Å². The molecule has 0 aliphatic carbocycles. The summed E-state index contributed by atoms with van der Waals surface area (Å²) in [4.78, 5) is 11.0. The van der Waals surface area contributed by atoms with Crippen LogP contribution in [0, 0.1) is 0 Å². The van der Waals surface area contributed by atoms with Gasteiger partial charge in [-0.1, -0.05) is 41.9 Å². The second-order valence-corrected chi connectivity index (χ2v) is 3.54. The van der Waals surface area contributed by atoms with Crippen molar-refractivity contribution in [2.24, 2.45) is 0 Å². The van der Waals surface area contributed by atoms with E-state index in [9.17, 15) is 9.90 Å². The minimum atomic E-state index is -1.98. The van der Waals surface area contributed by atoms with Gasteiger partial charge in [0.15, 0.2) is 0 Å². The van der Waals surface area contributed by atoms with E-state index in [4.69, 9.17) is 11.6 Å². The van der Waals surface area contributed by atoms with Crippen LogP contribution in [0.1, 0.15) is 5.56 Å². The molecule has 0 aliphatic heterocycles. The van der Waals surface area contributed by atoms with Crippen molar-refractivity contribution < 1.29 is 14.6 Å². The van der Waals surface area contributed by atoms with Crippen LogP contribution < -0.4 is 0 Å². The summed E-state index contributed by atoms with van der Waals surface area (Å²) in [5.41, 5.74) is 0.774. The molecule has 0 fully saturated rings. The second-order valence-electron chi connectivity index (χ2n) is 2.91. The molecule has 1 unspecified atom stereocenters. The predicted octanol–water partition coefficient (Wildman–Crippen LogP) is 1.33. The highest BCUT2D eigenvalue weighted by Gasteiger charge is 2.34. The highest BCUT2D eigenvalue weighted by molar-refractivity contribution is 6.32. The van der Waals surface area contributed by atoms with Gasteiger partial charge < -0.3 is 9.84 Å². The number of aliphatic hydroxyl groups is 1. The Labute approximate surface area is 87.3 Å². The SMILES string of the molecule is COC(=O)C(O)(Cl)Cc1ccccc1. The fourth-order valence-corrected chi connectivity index (χ4v) is 1.33. The third-order valence-corrected chi connectivity index (χ3v) is 2.07. The van der Waals surface area contributed by atoms with Gasteiger partial charge in [0.2, 0.25) is 5.06 Å². The fraction of sp³-hybridized carbons (Fsp3) is 0.300. The lowest BCUT2D eigenvalue weighted by molar-refractivity contribution is -0.153. The minimum absolute atomic E-state index is 0.0298. The maximum Gasteiger partial charge on any atom is 0.354 e. The quantitative estimate of drug-likeness (QED) is 0.610.